The molecular weight excluding hydrogens is 196 g/mol. The van der Waals surface area contributed by atoms with Gasteiger partial charge in [0.25, 0.3) is 0 Å². The van der Waals surface area contributed by atoms with Gasteiger partial charge in [-0.1, -0.05) is 6.92 Å². The first-order valence-electron chi connectivity index (χ1n) is 7.11. The fourth-order valence-electron chi connectivity index (χ4n) is 3.52. The number of nitrogens with zero attached hydrogens (tertiary/aromatic N) is 1. The second kappa shape index (κ2) is 5.50. The number of hydrogen-bond donors (Lipinski definition) is 1. The summed E-state index contributed by atoms with van der Waals surface area (Å²) in [6.07, 6.45) is 9.55. The minimum atomic E-state index is 0.491. The molecule has 0 aromatic heterocycles. The summed E-state index contributed by atoms with van der Waals surface area (Å²) in [6.45, 7) is 3.68. The van der Waals surface area contributed by atoms with Crippen LogP contribution >= 0.6 is 0 Å². The molecule has 2 heteroatoms. The van der Waals surface area contributed by atoms with Gasteiger partial charge in [-0.25, -0.2) is 0 Å². The molecule has 2 saturated carbocycles. The van der Waals surface area contributed by atoms with Crippen LogP contribution in [0.3, 0.4) is 0 Å². The Balaban J connectivity index is 1.73. The van der Waals surface area contributed by atoms with E-state index in [1.807, 2.05) is 0 Å². The molecule has 2 N–H and O–H groups in total. The topological polar surface area (TPSA) is 29.3 Å². The monoisotopic (exact) mass is 224 g/mol. The van der Waals surface area contributed by atoms with E-state index in [0.717, 1.165) is 17.9 Å². The van der Waals surface area contributed by atoms with Gasteiger partial charge in [0, 0.05) is 18.6 Å². The molecule has 2 aliphatic carbocycles. The van der Waals surface area contributed by atoms with Gasteiger partial charge in [0.15, 0.2) is 0 Å². The molecule has 0 saturated heterocycles. The van der Waals surface area contributed by atoms with Crippen LogP contribution in [0, 0.1) is 11.8 Å². The van der Waals surface area contributed by atoms with Gasteiger partial charge in [0.2, 0.25) is 0 Å². The first-order valence-corrected chi connectivity index (χ1v) is 7.11. The second-order valence-corrected chi connectivity index (χ2v) is 6.29. The second-order valence-electron chi connectivity index (χ2n) is 6.29. The van der Waals surface area contributed by atoms with Crippen LogP contribution in [-0.4, -0.2) is 30.6 Å². The zero-order valence-electron chi connectivity index (χ0n) is 11.0. The number of rotatable bonds is 3. The van der Waals surface area contributed by atoms with Crippen molar-refractivity contribution in [2.75, 3.05) is 13.6 Å². The Morgan fingerprint density at radius 2 is 1.75 bits per heavy atom. The summed E-state index contributed by atoms with van der Waals surface area (Å²) >= 11 is 0. The van der Waals surface area contributed by atoms with Gasteiger partial charge in [-0.2, -0.15) is 0 Å². The smallest absolute Gasteiger partial charge is 0.00925 e. The minimum Gasteiger partial charge on any atom is -0.328 e. The predicted octanol–water partition coefficient (Wildman–Crippen LogP) is 2.62. The molecule has 2 fully saturated rings. The van der Waals surface area contributed by atoms with E-state index >= 15 is 0 Å². The largest absolute Gasteiger partial charge is 0.328 e. The molecule has 0 radical (unpaired) electrons. The van der Waals surface area contributed by atoms with Crippen molar-refractivity contribution in [2.24, 2.45) is 17.6 Å². The molecule has 0 spiro atoms. The van der Waals surface area contributed by atoms with Crippen molar-refractivity contribution in [2.45, 2.75) is 64.0 Å². The highest BCUT2D eigenvalue weighted by Crippen LogP contribution is 2.29. The quantitative estimate of drug-likeness (QED) is 0.798. The van der Waals surface area contributed by atoms with Crippen molar-refractivity contribution in [1.82, 2.24) is 4.90 Å². The summed E-state index contributed by atoms with van der Waals surface area (Å²) in [5.74, 6) is 1.84. The third-order valence-electron chi connectivity index (χ3n) is 4.74. The SMILES string of the molecule is CC1CCC(N(C)CC2CCC(N)C2)CC1. The Morgan fingerprint density at radius 1 is 1.06 bits per heavy atom. The number of nitrogens with two attached hydrogens (primary N) is 1. The summed E-state index contributed by atoms with van der Waals surface area (Å²) in [6, 6.07) is 1.35. The standard InChI is InChI=1S/C14H28N2/c1-11-3-7-14(8-4-11)16(2)10-12-5-6-13(15)9-12/h11-14H,3-10,15H2,1-2H3. The highest BCUT2D eigenvalue weighted by molar-refractivity contribution is 4.83. The van der Waals surface area contributed by atoms with Crippen LogP contribution in [0.1, 0.15) is 51.9 Å². The van der Waals surface area contributed by atoms with Gasteiger partial charge in [-0.15, -0.1) is 0 Å². The molecule has 0 heterocycles. The van der Waals surface area contributed by atoms with Gasteiger partial charge >= 0.3 is 0 Å². The Bertz CT molecular complexity index is 209. The maximum atomic E-state index is 5.98. The molecular formula is C14H28N2. The average molecular weight is 224 g/mol. The molecule has 2 atom stereocenters. The first kappa shape index (κ1) is 12.4. The maximum absolute atomic E-state index is 5.98. The molecule has 2 rings (SSSR count). The van der Waals surface area contributed by atoms with Crippen LogP contribution in [-0.2, 0) is 0 Å². The van der Waals surface area contributed by atoms with Crippen molar-refractivity contribution >= 4 is 0 Å². The molecule has 0 amide bonds. The van der Waals surface area contributed by atoms with E-state index in [0.29, 0.717) is 6.04 Å². The molecule has 0 bridgehead atoms. The lowest BCUT2D eigenvalue weighted by Crippen LogP contribution is -2.37. The van der Waals surface area contributed by atoms with E-state index in [1.165, 1.54) is 51.5 Å². The van der Waals surface area contributed by atoms with E-state index < -0.39 is 0 Å². The Hall–Kier alpha value is -0.0800. The van der Waals surface area contributed by atoms with Crippen molar-refractivity contribution in [3.05, 3.63) is 0 Å². The maximum Gasteiger partial charge on any atom is 0.00925 e. The van der Waals surface area contributed by atoms with Gasteiger partial charge in [-0.05, 0) is 63.8 Å². The van der Waals surface area contributed by atoms with Crippen LogP contribution < -0.4 is 5.73 Å². The van der Waals surface area contributed by atoms with E-state index in [9.17, 15) is 0 Å². The van der Waals surface area contributed by atoms with E-state index in [-0.39, 0.29) is 0 Å². The fraction of sp³-hybridized carbons (Fsp3) is 1.00. The van der Waals surface area contributed by atoms with Crippen molar-refractivity contribution < 1.29 is 0 Å². The molecule has 2 aliphatic rings. The van der Waals surface area contributed by atoms with Crippen LogP contribution in [0.5, 0.6) is 0 Å². The van der Waals surface area contributed by atoms with Crippen LogP contribution in [0.25, 0.3) is 0 Å². The summed E-state index contributed by atoms with van der Waals surface area (Å²) in [7, 11) is 2.32. The molecule has 0 aromatic rings. The van der Waals surface area contributed by atoms with Crippen LogP contribution in [0.15, 0.2) is 0 Å². The zero-order valence-corrected chi connectivity index (χ0v) is 11.0. The van der Waals surface area contributed by atoms with Crippen LogP contribution in [0.4, 0.5) is 0 Å². The highest BCUT2D eigenvalue weighted by Gasteiger charge is 2.27. The van der Waals surface area contributed by atoms with Gasteiger partial charge < -0.3 is 10.6 Å². The molecule has 16 heavy (non-hydrogen) atoms. The van der Waals surface area contributed by atoms with Crippen molar-refractivity contribution in [3.63, 3.8) is 0 Å². The lowest BCUT2D eigenvalue weighted by Gasteiger charge is -2.35. The van der Waals surface area contributed by atoms with Crippen molar-refractivity contribution in [1.29, 1.82) is 0 Å². The van der Waals surface area contributed by atoms with Gasteiger partial charge in [-0.3, -0.25) is 0 Å². The molecule has 2 unspecified atom stereocenters. The molecule has 0 aromatic carbocycles. The van der Waals surface area contributed by atoms with Gasteiger partial charge in [0.1, 0.15) is 0 Å². The molecule has 94 valence electrons. The molecule has 0 aliphatic heterocycles. The fourth-order valence-corrected chi connectivity index (χ4v) is 3.52. The zero-order chi connectivity index (χ0) is 11.5. The summed E-state index contributed by atoms with van der Waals surface area (Å²) in [4.78, 5) is 2.62. The average Bonchev–Trinajstić information content (AvgIpc) is 2.65. The minimum absolute atomic E-state index is 0.491. The Kier molecular flexibility index (Phi) is 4.26. The van der Waals surface area contributed by atoms with E-state index in [1.54, 1.807) is 0 Å². The normalized spacial score (nSPS) is 40.5. The lowest BCUT2D eigenvalue weighted by molar-refractivity contribution is 0.150. The Labute approximate surface area is 101 Å². The third-order valence-corrected chi connectivity index (χ3v) is 4.74. The Morgan fingerprint density at radius 3 is 2.31 bits per heavy atom. The van der Waals surface area contributed by atoms with Crippen molar-refractivity contribution in [3.8, 4) is 0 Å². The summed E-state index contributed by atoms with van der Waals surface area (Å²) in [5, 5.41) is 0. The molecule has 2 nitrogen and oxygen atoms in total. The van der Waals surface area contributed by atoms with Crippen LogP contribution in [0.2, 0.25) is 0 Å². The van der Waals surface area contributed by atoms with E-state index in [4.69, 9.17) is 5.73 Å². The van der Waals surface area contributed by atoms with E-state index in [2.05, 4.69) is 18.9 Å². The highest BCUT2D eigenvalue weighted by atomic mass is 15.1. The third kappa shape index (κ3) is 3.21. The van der Waals surface area contributed by atoms with Gasteiger partial charge in [0.05, 0.1) is 0 Å². The predicted molar refractivity (Wildman–Crippen MR) is 69.4 cm³/mol. The lowest BCUT2D eigenvalue weighted by atomic mass is 9.86. The summed E-state index contributed by atoms with van der Waals surface area (Å²) in [5.41, 5.74) is 5.98. The first-order chi connectivity index (χ1) is 7.65. The number of hydrogen-bond acceptors (Lipinski definition) is 2. The summed E-state index contributed by atoms with van der Waals surface area (Å²) < 4.78 is 0.